The van der Waals surface area contributed by atoms with Gasteiger partial charge in [-0.1, -0.05) is 48.5 Å². The molecule has 7 nitrogen and oxygen atoms in total. The molecule has 0 saturated heterocycles. The zero-order valence-corrected chi connectivity index (χ0v) is 19.3. The van der Waals surface area contributed by atoms with Gasteiger partial charge in [-0.3, -0.25) is 4.79 Å². The molecule has 8 heteroatoms. The molecule has 1 amide bonds. The predicted octanol–water partition coefficient (Wildman–Crippen LogP) is 4.24. The molecule has 0 radical (unpaired) electrons. The van der Waals surface area contributed by atoms with Gasteiger partial charge in [-0.2, -0.15) is 10.4 Å². The van der Waals surface area contributed by atoms with Gasteiger partial charge < -0.3 is 15.4 Å². The largest absolute Gasteiger partial charge is 0.422 e. The molecule has 0 unspecified atom stereocenters. The first-order valence-corrected chi connectivity index (χ1v) is 11.4. The van der Waals surface area contributed by atoms with Crippen LogP contribution in [-0.2, 0) is 16.8 Å². The number of carbonyl (C=O) groups is 1. The number of amides is 1. The monoisotopic (exact) mass is 477 g/mol. The molecule has 176 valence electrons. The molecule has 4 aromatic rings. The lowest BCUT2D eigenvalue weighted by molar-refractivity contribution is -0.121. The number of fused-ring (bicyclic) bond motifs is 4. The number of aryl methyl sites for hydroxylation is 1. The Bertz CT molecular complexity index is 1600. The lowest BCUT2D eigenvalue weighted by Crippen LogP contribution is -2.46. The average molecular weight is 477 g/mol. The molecular weight excluding hydrogens is 457 g/mol. The van der Waals surface area contributed by atoms with E-state index in [1.807, 2.05) is 54.6 Å². The number of hydrogen-bond acceptors (Lipinski definition) is 5. The topological polar surface area (TPSA) is 97.2 Å². The Kier molecular flexibility index (Phi) is 4.70. The Morgan fingerprint density at radius 1 is 1.06 bits per heavy atom. The van der Waals surface area contributed by atoms with Crippen molar-refractivity contribution in [2.45, 2.75) is 18.9 Å². The number of nitrogens with zero attached hydrogens (tertiary/aromatic N) is 4. The number of rotatable bonds is 3. The SMILES string of the molecule is Cc1nn(-c2ccccc2)c2c1[C@]1(C(=O)N(Cc3ccc(F)cc3)c3ccccc31)C(C#N)=C(N)O2. The molecule has 3 aromatic carbocycles. The van der Waals surface area contributed by atoms with Crippen molar-refractivity contribution in [3.63, 3.8) is 0 Å². The first-order chi connectivity index (χ1) is 17.5. The summed E-state index contributed by atoms with van der Waals surface area (Å²) in [4.78, 5) is 16.1. The van der Waals surface area contributed by atoms with Gasteiger partial charge in [0.25, 0.3) is 0 Å². The van der Waals surface area contributed by atoms with Crippen molar-refractivity contribution in [1.82, 2.24) is 9.78 Å². The van der Waals surface area contributed by atoms with Crippen LogP contribution >= 0.6 is 0 Å². The van der Waals surface area contributed by atoms with E-state index in [0.717, 1.165) is 11.3 Å². The summed E-state index contributed by atoms with van der Waals surface area (Å²) >= 11 is 0. The number of para-hydroxylation sites is 2. The first-order valence-electron chi connectivity index (χ1n) is 11.4. The van der Waals surface area contributed by atoms with Gasteiger partial charge in [-0.15, -0.1) is 0 Å². The maximum Gasteiger partial charge on any atom is 0.248 e. The molecule has 1 spiro atoms. The Balaban J connectivity index is 1.62. The Morgan fingerprint density at radius 3 is 2.47 bits per heavy atom. The third kappa shape index (κ3) is 2.83. The smallest absolute Gasteiger partial charge is 0.248 e. The molecule has 0 bridgehead atoms. The summed E-state index contributed by atoms with van der Waals surface area (Å²) in [6, 6.07) is 24.9. The number of nitriles is 1. The van der Waals surface area contributed by atoms with E-state index in [1.165, 1.54) is 12.1 Å². The molecule has 0 aliphatic carbocycles. The number of aromatic nitrogens is 2. The van der Waals surface area contributed by atoms with Crippen LogP contribution in [0.5, 0.6) is 5.88 Å². The number of nitrogens with two attached hydrogens (primary N) is 1. The Hall–Kier alpha value is -4.90. The number of hydrogen-bond donors (Lipinski definition) is 1. The lowest BCUT2D eigenvalue weighted by atomic mass is 9.69. The van der Waals surface area contributed by atoms with Gasteiger partial charge in [0, 0.05) is 11.3 Å². The van der Waals surface area contributed by atoms with Crippen molar-refractivity contribution in [2.75, 3.05) is 4.90 Å². The third-order valence-corrected chi connectivity index (χ3v) is 6.75. The van der Waals surface area contributed by atoms with Crippen LogP contribution in [0.3, 0.4) is 0 Å². The van der Waals surface area contributed by atoms with E-state index in [-0.39, 0.29) is 29.7 Å². The molecule has 2 aliphatic rings. The van der Waals surface area contributed by atoms with Crippen LogP contribution in [0.2, 0.25) is 0 Å². The second kappa shape index (κ2) is 7.82. The molecule has 0 saturated carbocycles. The van der Waals surface area contributed by atoms with Gasteiger partial charge in [0.05, 0.1) is 23.5 Å². The van der Waals surface area contributed by atoms with Gasteiger partial charge in [0.2, 0.25) is 17.7 Å². The number of benzene rings is 3. The number of ether oxygens (including phenoxy) is 1. The zero-order valence-electron chi connectivity index (χ0n) is 19.3. The zero-order chi connectivity index (χ0) is 25.0. The molecule has 3 heterocycles. The fourth-order valence-electron chi connectivity index (χ4n) is 5.25. The maximum absolute atomic E-state index is 14.5. The van der Waals surface area contributed by atoms with Crippen molar-refractivity contribution < 1.29 is 13.9 Å². The van der Waals surface area contributed by atoms with E-state index < -0.39 is 5.41 Å². The van der Waals surface area contributed by atoms with Gasteiger partial charge in [0.1, 0.15) is 22.9 Å². The fraction of sp³-hybridized carbons (Fsp3) is 0.107. The van der Waals surface area contributed by atoms with Gasteiger partial charge in [-0.05, 0) is 42.8 Å². The highest BCUT2D eigenvalue weighted by Gasteiger charge is 2.61. The highest BCUT2D eigenvalue weighted by molar-refractivity contribution is 6.14. The number of halogens is 1. The normalized spacial score (nSPS) is 18.1. The summed E-state index contributed by atoms with van der Waals surface area (Å²) in [6.45, 7) is 1.98. The molecule has 1 atom stereocenters. The quantitative estimate of drug-likeness (QED) is 0.476. The maximum atomic E-state index is 14.5. The van der Waals surface area contributed by atoms with E-state index in [0.29, 0.717) is 28.4 Å². The molecule has 36 heavy (non-hydrogen) atoms. The fourth-order valence-corrected chi connectivity index (χ4v) is 5.25. The van der Waals surface area contributed by atoms with Crippen molar-refractivity contribution in [2.24, 2.45) is 5.73 Å². The van der Waals surface area contributed by atoms with E-state index in [2.05, 4.69) is 6.07 Å². The van der Waals surface area contributed by atoms with E-state index in [1.54, 1.807) is 28.6 Å². The summed E-state index contributed by atoms with van der Waals surface area (Å²) in [5.74, 6) is -0.549. The van der Waals surface area contributed by atoms with E-state index >= 15 is 0 Å². The summed E-state index contributed by atoms with van der Waals surface area (Å²) in [5.41, 5.74) is 8.59. The summed E-state index contributed by atoms with van der Waals surface area (Å²) in [6.07, 6.45) is 0. The molecule has 6 rings (SSSR count). The third-order valence-electron chi connectivity index (χ3n) is 6.75. The molecule has 0 fully saturated rings. The second-order valence-electron chi connectivity index (χ2n) is 8.75. The highest BCUT2D eigenvalue weighted by Crippen LogP contribution is 2.56. The molecule has 2 aliphatic heterocycles. The van der Waals surface area contributed by atoms with E-state index in [9.17, 15) is 14.4 Å². The van der Waals surface area contributed by atoms with Crippen molar-refractivity contribution in [3.8, 4) is 17.6 Å². The minimum atomic E-state index is -1.53. The average Bonchev–Trinajstić information content (AvgIpc) is 3.34. The van der Waals surface area contributed by atoms with Crippen LogP contribution in [0.15, 0.2) is 90.3 Å². The van der Waals surface area contributed by atoms with Crippen molar-refractivity contribution >= 4 is 11.6 Å². The van der Waals surface area contributed by atoms with Crippen molar-refractivity contribution in [3.05, 3.63) is 119 Å². The van der Waals surface area contributed by atoms with Gasteiger partial charge >= 0.3 is 0 Å². The van der Waals surface area contributed by atoms with Crippen LogP contribution in [0, 0.1) is 24.1 Å². The van der Waals surface area contributed by atoms with Crippen LogP contribution in [0.1, 0.15) is 22.4 Å². The number of anilines is 1. The minimum Gasteiger partial charge on any atom is -0.422 e. The lowest BCUT2D eigenvalue weighted by Gasteiger charge is -2.33. The van der Waals surface area contributed by atoms with Gasteiger partial charge in [-0.25, -0.2) is 9.07 Å². The molecule has 1 aromatic heterocycles. The standard InChI is InChI=1S/C28H20FN5O2/c1-17-24-26(34(32-17)20-7-3-2-4-8-20)36-25(31)22(15-30)28(24)21-9-5-6-10-23(21)33(27(28)35)16-18-11-13-19(29)14-12-18/h2-14H,16,31H2,1H3/t28-/m1/s1. The van der Waals surface area contributed by atoms with Crippen LogP contribution in [-0.4, -0.2) is 15.7 Å². The van der Waals surface area contributed by atoms with Gasteiger partial charge in [0.15, 0.2) is 0 Å². The first kappa shape index (κ1) is 21.6. The number of carbonyl (C=O) groups excluding carboxylic acids is 1. The Labute approximate surface area is 206 Å². The summed E-state index contributed by atoms with van der Waals surface area (Å²) < 4.78 is 21.1. The van der Waals surface area contributed by atoms with Crippen LogP contribution < -0.4 is 15.4 Å². The summed E-state index contributed by atoms with van der Waals surface area (Å²) in [5, 5.41) is 15.0. The highest BCUT2D eigenvalue weighted by atomic mass is 19.1. The Morgan fingerprint density at radius 2 is 1.75 bits per heavy atom. The molecule has 2 N–H and O–H groups in total. The van der Waals surface area contributed by atoms with Crippen LogP contribution in [0.4, 0.5) is 10.1 Å². The second-order valence-corrected chi connectivity index (χ2v) is 8.75. The summed E-state index contributed by atoms with van der Waals surface area (Å²) in [7, 11) is 0. The minimum absolute atomic E-state index is 0.0183. The molecular formula is C28H20FN5O2. The van der Waals surface area contributed by atoms with Crippen LogP contribution in [0.25, 0.3) is 5.69 Å². The predicted molar refractivity (Wildman–Crippen MR) is 131 cm³/mol. The van der Waals surface area contributed by atoms with Crippen molar-refractivity contribution in [1.29, 1.82) is 5.26 Å². The van der Waals surface area contributed by atoms with E-state index in [4.69, 9.17) is 15.6 Å².